The van der Waals surface area contributed by atoms with E-state index in [4.69, 9.17) is 13.8 Å². The molecular weight excluding hydrogens is 327 g/mol. The number of rotatable bonds is 17. The lowest BCUT2D eigenvalue weighted by Crippen LogP contribution is -2.07. The van der Waals surface area contributed by atoms with Crippen molar-refractivity contribution in [2.75, 3.05) is 26.0 Å². The third kappa shape index (κ3) is 13.8. The van der Waals surface area contributed by atoms with Crippen molar-refractivity contribution in [3.63, 3.8) is 0 Å². The summed E-state index contributed by atoms with van der Waals surface area (Å²) in [7, 11) is -3.10. The van der Waals surface area contributed by atoms with Crippen LogP contribution in [0.4, 0.5) is 0 Å². The maximum atomic E-state index is 12.8. The van der Waals surface area contributed by atoms with Crippen molar-refractivity contribution < 1.29 is 23.1 Å². The van der Waals surface area contributed by atoms with E-state index in [1.165, 1.54) is 0 Å². The van der Waals surface area contributed by atoms with E-state index >= 15 is 0 Å². The van der Waals surface area contributed by atoms with Crippen molar-refractivity contribution in [2.24, 2.45) is 0 Å². The second kappa shape index (κ2) is 15.9. The van der Waals surface area contributed by atoms with Gasteiger partial charge in [0.2, 0.25) is 0 Å². The predicted molar refractivity (Wildman–Crippen MR) is 98.4 cm³/mol. The lowest BCUT2D eigenvalue weighted by atomic mass is 10.2. The molecule has 0 aromatic heterocycles. The van der Waals surface area contributed by atoms with Gasteiger partial charge in [0, 0.05) is 6.08 Å². The van der Waals surface area contributed by atoms with Crippen LogP contribution >= 0.6 is 7.60 Å². The van der Waals surface area contributed by atoms with Gasteiger partial charge in [0.25, 0.3) is 0 Å². The molecule has 0 aromatic rings. The van der Waals surface area contributed by atoms with E-state index < -0.39 is 13.6 Å². The second-order valence-electron chi connectivity index (χ2n) is 5.85. The fourth-order valence-electron chi connectivity index (χ4n) is 2.12. The molecule has 0 N–H and O–H groups in total. The Bertz CT molecular complexity index is 352. The quantitative estimate of drug-likeness (QED) is 0.148. The molecule has 0 aliphatic rings. The maximum Gasteiger partial charge on any atom is 0.330 e. The van der Waals surface area contributed by atoms with Gasteiger partial charge in [0.05, 0.1) is 26.0 Å². The normalized spacial score (nSPS) is 11.4. The highest BCUT2D eigenvalue weighted by Crippen LogP contribution is 2.49. The van der Waals surface area contributed by atoms with E-state index in [1.807, 2.05) is 0 Å². The molecule has 0 aliphatic carbocycles. The highest BCUT2D eigenvalue weighted by molar-refractivity contribution is 7.53. The molecule has 0 radical (unpaired) electrons. The third-order valence-corrected chi connectivity index (χ3v) is 5.57. The molecule has 0 unspecified atom stereocenters. The number of esters is 1. The van der Waals surface area contributed by atoms with Crippen LogP contribution in [0.3, 0.4) is 0 Å². The van der Waals surface area contributed by atoms with Gasteiger partial charge in [0.15, 0.2) is 0 Å². The van der Waals surface area contributed by atoms with Gasteiger partial charge in [-0.05, 0) is 19.3 Å². The van der Waals surface area contributed by atoms with Gasteiger partial charge in [-0.25, -0.2) is 4.79 Å². The Labute approximate surface area is 147 Å². The van der Waals surface area contributed by atoms with Crippen molar-refractivity contribution in [1.82, 2.24) is 0 Å². The summed E-state index contributed by atoms with van der Waals surface area (Å²) in [5.41, 5.74) is 0. The molecule has 142 valence electrons. The third-order valence-electron chi connectivity index (χ3n) is 3.56. The monoisotopic (exact) mass is 362 g/mol. The van der Waals surface area contributed by atoms with E-state index in [2.05, 4.69) is 20.4 Å². The molecule has 0 fully saturated rings. The second-order valence-corrected chi connectivity index (χ2v) is 8.03. The lowest BCUT2D eigenvalue weighted by Gasteiger charge is -2.18. The molecule has 0 amide bonds. The summed E-state index contributed by atoms with van der Waals surface area (Å²) in [6, 6.07) is 0. The summed E-state index contributed by atoms with van der Waals surface area (Å²) < 4.78 is 28.9. The van der Waals surface area contributed by atoms with Crippen LogP contribution in [0.1, 0.15) is 71.6 Å². The van der Waals surface area contributed by atoms with Gasteiger partial charge in [-0.15, -0.1) is 0 Å². The molecule has 0 rings (SSSR count). The Balaban J connectivity index is 4.16. The zero-order valence-electron chi connectivity index (χ0n) is 15.5. The molecule has 0 bridgehead atoms. The van der Waals surface area contributed by atoms with Crippen LogP contribution < -0.4 is 0 Å². The van der Waals surface area contributed by atoms with E-state index in [1.54, 1.807) is 0 Å². The number of ether oxygens (including phenoxy) is 1. The highest BCUT2D eigenvalue weighted by Gasteiger charge is 2.24. The molecule has 5 nitrogen and oxygen atoms in total. The van der Waals surface area contributed by atoms with Crippen molar-refractivity contribution in [1.29, 1.82) is 0 Å². The van der Waals surface area contributed by atoms with Crippen molar-refractivity contribution >= 4 is 13.6 Å². The number of carbonyl (C=O) groups is 1. The fourth-order valence-corrected chi connectivity index (χ4v) is 3.78. The van der Waals surface area contributed by atoms with Gasteiger partial charge < -0.3 is 13.8 Å². The summed E-state index contributed by atoms with van der Waals surface area (Å²) in [5.74, 6) is -0.467. The fraction of sp³-hybridized carbons (Fsp3) is 0.833. The van der Waals surface area contributed by atoms with Crippen molar-refractivity contribution in [3.05, 3.63) is 12.7 Å². The average molecular weight is 362 g/mol. The highest BCUT2D eigenvalue weighted by atomic mass is 31.2. The van der Waals surface area contributed by atoms with Crippen molar-refractivity contribution in [3.8, 4) is 0 Å². The Kier molecular flexibility index (Phi) is 15.4. The van der Waals surface area contributed by atoms with E-state index in [9.17, 15) is 9.36 Å². The van der Waals surface area contributed by atoms with Crippen molar-refractivity contribution in [2.45, 2.75) is 71.6 Å². The minimum atomic E-state index is -3.10. The summed E-state index contributed by atoms with van der Waals surface area (Å²) in [5, 5.41) is 0. The number of hydrogen-bond donors (Lipinski definition) is 0. The summed E-state index contributed by atoms with van der Waals surface area (Å²) >= 11 is 0. The minimum Gasteiger partial charge on any atom is -0.463 e. The number of carbonyl (C=O) groups excluding carboxylic acids is 1. The number of hydrogen-bond acceptors (Lipinski definition) is 5. The topological polar surface area (TPSA) is 61.8 Å². The SMILES string of the molecule is C=CC(=O)OCCCP(=O)(OCCCCCC)OCCCCCC. The Hall–Kier alpha value is -0.640. The maximum absolute atomic E-state index is 12.8. The molecule has 0 aliphatic heterocycles. The molecule has 0 atom stereocenters. The molecule has 24 heavy (non-hydrogen) atoms. The first-order valence-electron chi connectivity index (χ1n) is 9.25. The standard InChI is InChI=1S/C18H35O5P/c1-4-7-9-11-15-22-24(20,23-16-12-10-8-5-2)17-13-14-21-18(19)6-3/h6H,3-5,7-17H2,1-2H3. The average Bonchev–Trinajstić information content (AvgIpc) is 2.58. The zero-order valence-corrected chi connectivity index (χ0v) is 16.4. The first-order chi connectivity index (χ1) is 11.6. The molecule has 0 saturated heterocycles. The number of unbranched alkanes of at least 4 members (excludes halogenated alkanes) is 6. The molecular formula is C18H35O5P. The van der Waals surface area contributed by atoms with Crippen LogP contribution in [0, 0.1) is 0 Å². The molecule has 0 aromatic carbocycles. The van der Waals surface area contributed by atoms with E-state index in [0.29, 0.717) is 19.6 Å². The zero-order chi connectivity index (χ0) is 18.1. The van der Waals surface area contributed by atoms with Gasteiger partial charge in [0.1, 0.15) is 0 Å². The summed E-state index contributed by atoms with van der Waals surface area (Å²) in [6.07, 6.45) is 10.4. The molecule has 6 heteroatoms. The lowest BCUT2D eigenvalue weighted by molar-refractivity contribution is -0.137. The van der Waals surface area contributed by atoms with E-state index in [0.717, 1.165) is 57.4 Å². The Morgan fingerprint density at radius 3 is 1.88 bits per heavy atom. The Morgan fingerprint density at radius 1 is 0.875 bits per heavy atom. The van der Waals surface area contributed by atoms with Crippen LogP contribution in [-0.4, -0.2) is 32.0 Å². The van der Waals surface area contributed by atoms with Crippen LogP contribution in [-0.2, 0) is 23.1 Å². The summed E-state index contributed by atoms with van der Waals surface area (Å²) in [6.45, 7) is 8.75. The summed E-state index contributed by atoms with van der Waals surface area (Å²) in [4.78, 5) is 11.0. The smallest absolute Gasteiger partial charge is 0.330 e. The molecule has 0 spiro atoms. The van der Waals surface area contributed by atoms with Crippen LogP contribution in [0.15, 0.2) is 12.7 Å². The van der Waals surface area contributed by atoms with Gasteiger partial charge >= 0.3 is 13.6 Å². The van der Waals surface area contributed by atoms with Gasteiger partial charge in [-0.2, -0.15) is 0 Å². The Morgan fingerprint density at radius 2 is 1.42 bits per heavy atom. The largest absolute Gasteiger partial charge is 0.463 e. The molecule has 0 saturated carbocycles. The minimum absolute atomic E-state index is 0.202. The van der Waals surface area contributed by atoms with Crippen LogP contribution in [0.2, 0.25) is 0 Å². The first kappa shape index (κ1) is 23.4. The predicted octanol–water partition coefficient (Wildman–Crippen LogP) is 5.49. The molecule has 0 heterocycles. The van der Waals surface area contributed by atoms with Gasteiger partial charge in [-0.1, -0.05) is 59.0 Å². The van der Waals surface area contributed by atoms with Crippen LogP contribution in [0.5, 0.6) is 0 Å². The van der Waals surface area contributed by atoms with Crippen LogP contribution in [0.25, 0.3) is 0 Å². The first-order valence-corrected chi connectivity index (χ1v) is 11.0. The van der Waals surface area contributed by atoms with Gasteiger partial charge in [-0.3, -0.25) is 4.57 Å². The van der Waals surface area contributed by atoms with E-state index in [-0.39, 0.29) is 12.8 Å².